The fraction of sp³-hybridized carbons (Fsp3) is 0.381. The molecule has 3 heterocycles. The summed E-state index contributed by atoms with van der Waals surface area (Å²) < 4.78 is 1.91. The molecule has 2 aromatic heterocycles. The second-order valence-corrected chi connectivity index (χ2v) is 7.31. The van der Waals surface area contributed by atoms with E-state index >= 15 is 0 Å². The van der Waals surface area contributed by atoms with Gasteiger partial charge in [-0.15, -0.1) is 0 Å². The van der Waals surface area contributed by atoms with Crippen LogP contribution >= 0.6 is 0 Å². The van der Waals surface area contributed by atoms with Crippen LogP contribution in [0.15, 0.2) is 48.9 Å². The third-order valence-electron chi connectivity index (χ3n) is 5.40. The highest BCUT2D eigenvalue weighted by Gasteiger charge is 2.20. The van der Waals surface area contributed by atoms with Crippen LogP contribution in [0.2, 0.25) is 0 Å². The fourth-order valence-corrected chi connectivity index (χ4v) is 3.61. The number of anilines is 1. The molecule has 0 saturated carbocycles. The standard InChI is InChI=1S/C21H26N6O/c1-16(27-15-24-18-7-3-4-8-19(18)27)21(28)23-14-17-6-5-9-22-20(17)26-12-10-25(2)11-13-26/h3-9,15-16H,10-14H2,1-2H3,(H,23,28)/t16-/m1/s1. The molecule has 1 saturated heterocycles. The number of amides is 1. The number of fused-ring (bicyclic) bond motifs is 1. The van der Waals surface area contributed by atoms with Crippen LogP contribution in [0.4, 0.5) is 5.82 Å². The first kappa shape index (κ1) is 18.4. The van der Waals surface area contributed by atoms with Gasteiger partial charge in [0.25, 0.3) is 0 Å². The Labute approximate surface area is 165 Å². The summed E-state index contributed by atoms with van der Waals surface area (Å²) in [6.45, 7) is 6.30. The lowest BCUT2D eigenvalue weighted by atomic mass is 10.2. The van der Waals surface area contributed by atoms with E-state index < -0.39 is 0 Å². The molecule has 0 bridgehead atoms. The SMILES string of the molecule is C[C@H](C(=O)NCc1cccnc1N1CCN(C)CC1)n1cnc2ccccc21. The maximum absolute atomic E-state index is 12.8. The summed E-state index contributed by atoms with van der Waals surface area (Å²) in [5, 5.41) is 3.08. The first-order chi connectivity index (χ1) is 13.6. The summed E-state index contributed by atoms with van der Waals surface area (Å²) in [5.74, 6) is 0.938. The lowest BCUT2D eigenvalue weighted by Crippen LogP contribution is -2.45. The number of para-hydroxylation sites is 2. The zero-order valence-electron chi connectivity index (χ0n) is 16.4. The Morgan fingerprint density at radius 3 is 2.71 bits per heavy atom. The van der Waals surface area contributed by atoms with E-state index in [-0.39, 0.29) is 11.9 Å². The number of nitrogens with zero attached hydrogens (tertiary/aromatic N) is 5. The average Bonchev–Trinajstić information content (AvgIpc) is 3.16. The minimum absolute atomic E-state index is 0.0312. The molecule has 0 spiro atoms. The van der Waals surface area contributed by atoms with Gasteiger partial charge < -0.3 is 19.7 Å². The van der Waals surface area contributed by atoms with E-state index in [4.69, 9.17) is 0 Å². The van der Waals surface area contributed by atoms with Gasteiger partial charge in [0.15, 0.2) is 0 Å². The Balaban J connectivity index is 1.45. The van der Waals surface area contributed by atoms with Gasteiger partial charge in [-0.2, -0.15) is 0 Å². The normalized spacial score (nSPS) is 16.3. The molecule has 1 atom stereocenters. The molecule has 4 rings (SSSR count). The summed E-state index contributed by atoms with van der Waals surface area (Å²) in [6.07, 6.45) is 3.55. The number of nitrogens with one attached hydrogen (secondary N) is 1. The van der Waals surface area contributed by atoms with Crippen molar-refractivity contribution in [2.75, 3.05) is 38.1 Å². The van der Waals surface area contributed by atoms with Crippen LogP contribution in [0.25, 0.3) is 11.0 Å². The van der Waals surface area contributed by atoms with Crippen LogP contribution in [0.3, 0.4) is 0 Å². The Morgan fingerprint density at radius 2 is 1.89 bits per heavy atom. The van der Waals surface area contributed by atoms with E-state index in [0.717, 1.165) is 48.6 Å². The van der Waals surface area contributed by atoms with Crippen molar-refractivity contribution >= 4 is 22.8 Å². The summed E-state index contributed by atoms with van der Waals surface area (Å²) in [4.78, 5) is 26.4. The second kappa shape index (κ2) is 7.98. The molecule has 1 aliphatic heterocycles. The van der Waals surface area contributed by atoms with Crippen molar-refractivity contribution in [1.29, 1.82) is 0 Å². The Morgan fingerprint density at radius 1 is 1.11 bits per heavy atom. The Bertz CT molecular complexity index is 960. The van der Waals surface area contributed by atoms with Crippen molar-refractivity contribution in [2.45, 2.75) is 19.5 Å². The largest absolute Gasteiger partial charge is 0.354 e. The third-order valence-corrected chi connectivity index (χ3v) is 5.40. The number of aromatic nitrogens is 3. The highest BCUT2D eigenvalue weighted by atomic mass is 16.2. The molecule has 0 aliphatic carbocycles. The van der Waals surface area contributed by atoms with Crippen LogP contribution in [0, 0.1) is 0 Å². The van der Waals surface area contributed by atoms with Gasteiger partial charge in [0.2, 0.25) is 5.91 Å². The van der Waals surface area contributed by atoms with Gasteiger partial charge in [-0.05, 0) is 32.2 Å². The molecule has 1 N–H and O–H groups in total. The van der Waals surface area contributed by atoms with Crippen LogP contribution in [-0.4, -0.2) is 58.6 Å². The van der Waals surface area contributed by atoms with Crippen molar-refractivity contribution < 1.29 is 4.79 Å². The molecule has 1 fully saturated rings. The minimum Gasteiger partial charge on any atom is -0.354 e. The van der Waals surface area contributed by atoms with E-state index in [1.54, 1.807) is 6.33 Å². The molecule has 1 aliphatic rings. The summed E-state index contributed by atoms with van der Waals surface area (Å²) in [7, 11) is 2.14. The zero-order chi connectivity index (χ0) is 19.5. The van der Waals surface area contributed by atoms with E-state index in [1.807, 2.05) is 54.1 Å². The lowest BCUT2D eigenvalue weighted by Gasteiger charge is -2.34. The molecule has 1 aromatic carbocycles. The summed E-state index contributed by atoms with van der Waals surface area (Å²) in [5.41, 5.74) is 2.90. The molecule has 0 unspecified atom stereocenters. The van der Waals surface area contributed by atoms with Crippen molar-refractivity contribution in [2.24, 2.45) is 0 Å². The summed E-state index contributed by atoms with van der Waals surface area (Å²) >= 11 is 0. The topological polar surface area (TPSA) is 66.3 Å². The first-order valence-corrected chi connectivity index (χ1v) is 9.70. The molecule has 28 heavy (non-hydrogen) atoms. The molecule has 7 heteroatoms. The van der Waals surface area contributed by atoms with Crippen molar-refractivity contribution in [1.82, 2.24) is 24.8 Å². The highest BCUT2D eigenvalue weighted by Crippen LogP contribution is 2.20. The maximum atomic E-state index is 12.8. The van der Waals surface area contributed by atoms with Crippen molar-refractivity contribution in [3.63, 3.8) is 0 Å². The average molecular weight is 378 g/mol. The van der Waals surface area contributed by atoms with Crippen molar-refractivity contribution in [3.8, 4) is 0 Å². The van der Waals surface area contributed by atoms with Crippen LogP contribution in [0.5, 0.6) is 0 Å². The van der Waals surface area contributed by atoms with E-state index in [2.05, 4.69) is 32.1 Å². The van der Waals surface area contributed by atoms with Gasteiger partial charge in [0.1, 0.15) is 11.9 Å². The minimum atomic E-state index is -0.337. The number of imidazole rings is 1. The monoisotopic (exact) mass is 378 g/mol. The predicted octanol–water partition coefficient (Wildman–Crippen LogP) is 2.06. The number of carbonyl (C=O) groups excluding carboxylic acids is 1. The number of benzene rings is 1. The lowest BCUT2D eigenvalue weighted by molar-refractivity contribution is -0.123. The molecule has 1 amide bonds. The highest BCUT2D eigenvalue weighted by molar-refractivity contribution is 5.83. The van der Waals surface area contributed by atoms with Crippen LogP contribution in [-0.2, 0) is 11.3 Å². The van der Waals surface area contributed by atoms with Crippen molar-refractivity contribution in [3.05, 3.63) is 54.5 Å². The molecule has 0 radical (unpaired) electrons. The van der Waals surface area contributed by atoms with Gasteiger partial charge in [0.05, 0.1) is 17.4 Å². The van der Waals surface area contributed by atoms with Crippen LogP contribution < -0.4 is 10.2 Å². The number of piperazine rings is 1. The number of likely N-dealkylation sites (N-methyl/N-ethyl adjacent to an activating group) is 1. The molecule has 7 nitrogen and oxygen atoms in total. The first-order valence-electron chi connectivity index (χ1n) is 9.70. The summed E-state index contributed by atoms with van der Waals surface area (Å²) in [6, 6.07) is 11.5. The van der Waals surface area contributed by atoms with E-state index in [1.165, 1.54) is 0 Å². The number of pyridine rings is 1. The maximum Gasteiger partial charge on any atom is 0.243 e. The van der Waals surface area contributed by atoms with E-state index in [9.17, 15) is 4.79 Å². The van der Waals surface area contributed by atoms with Gasteiger partial charge in [-0.3, -0.25) is 4.79 Å². The van der Waals surface area contributed by atoms with Crippen LogP contribution in [0.1, 0.15) is 18.5 Å². The third kappa shape index (κ3) is 3.71. The quantitative estimate of drug-likeness (QED) is 0.736. The second-order valence-electron chi connectivity index (χ2n) is 7.31. The number of hydrogen-bond acceptors (Lipinski definition) is 5. The van der Waals surface area contributed by atoms with Gasteiger partial charge >= 0.3 is 0 Å². The Hall–Kier alpha value is -2.93. The number of carbonyl (C=O) groups is 1. The molecular formula is C21H26N6O. The van der Waals surface area contributed by atoms with Gasteiger partial charge in [-0.1, -0.05) is 18.2 Å². The molecule has 3 aromatic rings. The van der Waals surface area contributed by atoms with Gasteiger partial charge in [0, 0.05) is 44.5 Å². The number of hydrogen-bond donors (Lipinski definition) is 1. The predicted molar refractivity (Wildman–Crippen MR) is 110 cm³/mol. The molecule has 146 valence electrons. The number of rotatable bonds is 5. The Kier molecular flexibility index (Phi) is 5.25. The smallest absolute Gasteiger partial charge is 0.243 e. The zero-order valence-corrected chi connectivity index (χ0v) is 16.4. The molecular weight excluding hydrogens is 352 g/mol. The van der Waals surface area contributed by atoms with E-state index in [0.29, 0.717) is 6.54 Å². The fourth-order valence-electron chi connectivity index (χ4n) is 3.61. The van der Waals surface area contributed by atoms with Gasteiger partial charge in [-0.25, -0.2) is 9.97 Å².